The maximum atomic E-state index is 6.35. The van der Waals surface area contributed by atoms with Crippen LogP contribution in [0.1, 0.15) is 20.3 Å². The van der Waals surface area contributed by atoms with Crippen molar-refractivity contribution in [2.24, 2.45) is 12.5 Å². The van der Waals surface area contributed by atoms with Crippen LogP contribution in [0, 0.1) is 5.41 Å². The van der Waals surface area contributed by atoms with Crippen molar-refractivity contribution in [2.45, 2.75) is 20.3 Å². The van der Waals surface area contributed by atoms with Crippen LogP contribution in [0.3, 0.4) is 0 Å². The summed E-state index contributed by atoms with van der Waals surface area (Å²) in [5, 5.41) is 5.09. The molecule has 0 spiro atoms. The Morgan fingerprint density at radius 1 is 1.27 bits per heavy atom. The summed E-state index contributed by atoms with van der Waals surface area (Å²) < 4.78 is 7.66. The maximum Gasteiger partial charge on any atom is 0.141 e. The third-order valence-electron chi connectivity index (χ3n) is 3.50. The quantitative estimate of drug-likeness (QED) is 0.848. The molecule has 0 aromatic carbocycles. The standard InChI is InChI=1S/C17H18ClN3O/c1-17(2)7-4-16(13(18)11-17)22-12-5-8-19-15(10-12)14-6-9-21(3)20-14/h4-10H,11H2,1-3H3. The zero-order valence-electron chi connectivity index (χ0n) is 12.9. The van der Waals surface area contributed by atoms with Gasteiger partial charge >= 0.3 is 0 Å². The minimum absolute atomic E-state index is 0.0707. The molecule has 0 N–H and O–H groups in total. The number of ether oxygens (including phenoxy) is 1. The van der Waals surface area contributed by atoms with Crippen molar-refractivity contribution in [3.63, 3.8) is 0 Å². The van der Waals surface area contributed by atoms with Crippen LogP contribution in [0.2, 0.25) is 0 Å². The van der Waals surface area contributed by atoms with Crippen molar-refractivity contribution in [1.82, 2.24) is 14.8 Å². The summed E-state index contributed by atoms with van der Waals surface area (Å²) in [6.07, 6.45) is 8.43. The first-order chi connectivity index (χ1) is 10.4. The highest BCUT2D eigenvalue weighted by Crippen LogP contribution is 2.36. The van der Waals surface area contributed by atoms with E-state index in [1.54, 1.807) is 10.9 Å². The van der Waals surface area contributed by atoms with Crippen LogP contribution >= 0.6 is 11.6 Å². The molecule has 22 heavy (non-hydrogen) atoms. The molecule has 114 valence electrons. The first-order valence-electron chi connectivity index (χ1n) is 7.15. The molecule has 1 aliphatic carbocycles. The Kier molecular flexibility index (Phi) is 3.79. The molecule has 0 aliphatic heterocycles. The lowest BCUT2D eigenvalue weighted by Crippen LogP contribution is -2.13. The zero-order valence-corrected chi connectivity index (χ0v) is 13.6. The number of aryl methyl sites for hydroxylation is 1. The molecular formula is C17H18ClN3O. The van der Waals surface area contributed by atoms with Crippen LogP contribution in [-0.2, 0) is 7.05 Å². The van der Waals surface area contributed by atoms with Gasteiger partial charge < -0.3 is 4.74 Å². The highest BCUT2D eigenvalue weighted by molar-refractivity contribution is 6.30. The Balaban J connectivity index is 1.84. The lowest BCUT2D eigenvalue weighted by molar-refractivity contribution is 0.406. The summed E-state index contributed by atoms with van der Waals surface area (Å²) in [4.78, 5) is 4.34. The van der Waals surface area contributed by atoms with Gasteiger partial charge in [-0.05, 0) is 30.0 Å². The number of hydrogen-bond acceptors (Lipinski definition) is 3. The molecule has 1 aliphatic rings. The van der Waals surface area contributed by atoms with E-state index in [9.17, 15) is 0 Å². The fraction of sp³-hybridized carbons (Fsp3) is 0.294. The zero-order chi connectivity index (χ0) is 15.7. The second-order valence-electron chi connectivity index (χ2n) is 6.12. The number of allylic oxidation sites excluding steroid dienone is 3. The SMILES string of the molecule is Cn1ccc(-c2cc(OC3=C(Cl)CC(C)(C)C=C3)ccn2)n1. The number of pyridine rings is 1. The minimum Gasteiger partial charge on any atom is -0.456 e. The van der Waals surface area contributed by atoms with Crippen molar-refractivity contribution >= 4 is 11.6 Å². The van der Waals surface area contributed by atoms with Crippen LogP contribution < -0.4 is 4.74 Å². The Morgan fingerprint density at radius 3 is 2.77 bits per heavy atom. The van der Waals surface area contributed by atoms with E-state index in [2.05, 4.69) is 30.0 Å². The number of nitrogens with zero attached hydrogens (tertiary/aromatic N) is 3. The number of hydrogen-bond donors (Lipinski definition) is 0. The average molecular weight is 316 g/mol. The largest absolute Gasteiger partial charge is 0.456 e. The van der Waals surface area contributed by atoms with Crippen molar-refractivity contribution in [2.75, 3.05) is 0 Å². The molecule has 2 aromatic rings. The molecule has 0 saturated heterocycles. The van der Waals surface area contributed by atoms with Gasteiger partial charge in [-0.25, -0.2) is 0 Å². The molecule has 0 radical (unpaired) electrons. The number of halogens is 1. The Labute approximate surface area is 135 Å². The van der Waals surface area contributed by atoms with Crippen LogP contribution in [0.15, 0.2) is 53.5 Å². The lowest BCUT2D eigenvalue weighted by Gasteiger charge is -2.25. The van der Waals surface area contributed by atoms with Crippen LogP contribution in [0.5, 0.6) is 5.75 Å². The van der Waals surface area contributed by atoms with Crippen molar-refractivity contribution < 1.29 is 4.74 Å². The van der Waals surface area contributed by atoms with E-state index in [0.29, 0.717) is 11.5 Å². The molecule has 3 rings (SSSR count). The third-order valence-corrected chi connectivity index (χ3v) is 3.82. The lowest BCUT2D eigenvalue weighted by atomic mass is 9.85. The van der Waals surface area contributed by atoms with Gasteiger partial charge in [-0.1, -0.05) is 31.5 Å². The first kappa shape index (κ1) is 14.9. The molecule has 4 nitrogen and oxygen atoms in total. The van der Waals surface area contributed by atoms with Gasteiger partial charge in [-0.15, -0.1) is 0 Å². The van der Waals surface area contributed by atoms with Gasteiger partial charge in [0.1, 0.15) is 17.2 Å². The van der Waals surface area contributed by atoms with E-state index in [4.69, 9.17) is 16.3 Å². The first-order valence-corrected chi connectivity index (χ1v) is 7.53. The van der Waals surface area contributed by atoms with Gasteiger partial charge in [0.2, 0.25) is 0 Å². The van der Waals surface area contributed by atoms with Gasteiger partial charge in [0.15, 0.2) is 0 Å². The molecule has 2 aromatic heterocycles. The smallest absolute Gasteiger partial charge is 0.141 e. The summed E-state index contributed by atoms with van der Waals surface area (Å²) in [5.74, 6) is 1.40. The fourth-order valence-electron chi connectivity index (χ4n) is 2.32. The van der Waals surface area contributed by atoms with Gasteiger partial charge in [0, 0.05) is 25.5 Å². The Hall–Kier alpha value is -2.07. The van der Waals surface area contributed by atoms with E-state index in [0.717, 1.165) is 22.8 Å². The van der Waals surface area contributed by atoms with Gasteiger partial charge in [-0.3, -0.25) is 9.67 Å². The highest BCUT2D eigenvalue weighted by Gasteiger charge is 2.22. The number of rotatable bonds is 3. The second-order valence-corrected chi connectivity index (χ2v) is 6.58. The Morgan fingerprint density at radius 2 is 2.09 bits per heavy atom. The predicted octanol–water partition coefficient (Wildman–Crippen LogP) is 4.30. The molecule has 5 heteroatoms. The van der Waals surface area contributed by atoms with Crippen molar-refractivity contribution in [3.05, 3.63) is 53.5 Å². The molecule has 0 saturated carbocycles. The van der Waals surface area contributed by atoms with Crippen LogP contribution in [0.4, 0.5) is 0 Å². The average Bonchev–Trinajstić information content (AvgIpc) is 2.89. The summed E-state index contributed by atoms with van der Waals surface area (Å²) in [6.45, 7) is 4.29. The highest BCUT2D eigenvalue weighted by atomic mass is 35.5. The van der Waals surface area contributed by atoms with E-state index in [-0.39, 0.29) is 5.41 Å². The number of aromatic nitrogens is 3. The van der Waals surface area contributed by atoms with Gasteiger partial charge in [0.25, 0.3) is 0 Å². The third kappa shape index (κ3) is 3.22. The fourth-order valence-corrected chi connectivity index (χ4v) is 2.77. The molecule has 0 fully saturated rings. The summed E-state index contributed by atoms with van der Waals surface area (Å²) in [6, 6.07) is 5.60. The second kappa shape index (κ2) is 5.61. The molecule has 0 atom stereocenters. The van der Waals surface area contributed by atoms with E-state index in [1.807, 2.05) is 37.5 Å². The molecular weight excluding hydrogens is 298 g/mol. The maximum absolute atomic E-state index is 6.35. The normalized spacial score (nSPS) is 16.9. The van der Waals surface area contributed by atoms with E-state index in [1.165, 1.54) is 0 Å². The monoisotopic (exact) mass is 315 g/mol. The summed E-state index contributed by atoms with van der Waals surface area (Å²) in [7, 11) is 1.88. The summed E-state index contributed by atoms with van der Waals surface area (Å²) >= 11 is 6.35. The van der Waals surface area contributed by atoms with E-state index < -0.39 is 0 Å². The molecule has 2 heterocycles. The van der Waals surface area contributed by atoms with Crippen LogP contribution in [0.25, 0.3) is 11.4 Å². The van der Waals surface area contributed by atoms with E-state index >= 15 is 0 Å². The molecule has 0 bridgehead atoms. The van der Waals surface area contributed by atoms with Crippen LogP contribution in [-0.4, -0.2) is 14.8 Å². The molecule has 0 unspecified atom stereocenters. The summed E-state index contributed by atoms with van der Waals surface area (Å²) in [5.41, 5.74) is 1.66. The van der Waals surface area contributed by atoms with Gasteiger partial charge in [-0.2, -0.15) is 5.10 Å². The topological polar surface area (TPSA) is 39.9 Å². The molecule has 0 amide bonds. The van der Waals surface area contributed by atoms with Crippen molar-refractivity contribution in [1.29, 1.82) is 0 Å². The Bertz CT molecular complexity index is 759. The van der Waals surface area contributed by atoms with Crippen molar-refractivity contribution in [3.8, 4) is 17.1 Å². The van der Waals surface area contributed by atoms with Gasteiger partial charge in [0.05, 0.1) is 10.7 Å². The minimum atomic E-state index is 0.0707. The predicted molar refractivity (Wildman–Crippen MR) is 87.5 cm³/mol.